The number of hydrogen-bond donors (Lipinski definition) is 1. The highest BCUT2D eigenvalue weighted by Crippen LogP contribution is 2.27. The van der Waals surface area contributed by atoms with Crippen molar-refractivity contribution in [2.45, 2.75) is 13.5 Å². The zero-order chi connectivity index (χ0) is 14.4. The first-order valence-corrected chi connectivity index (χ1v) is 6.63. The van der Waals surface area contributed by atoms with Crippen LogP contribution in [0.4, 0.5) is 11.5 Å². The highest BCUT2D eigenvalue weighted by molar-refractivity contribution is 5.57. The topological polar surface area (TPSA) is 50.3 Å². The molecule has 0 saturated heterocycles. The van der Waals surface area contributed by atoms with Gasteiger partial charge in [-0.2, -0.15) is 0 Å². The first-order valence-electron chi connectivity index (χ1n) is 6.63. The van der Waals surface area contributed by atoms with Gasteiger partial charge in [-0.1, -0.05) is 12.1 Å². The van der Waals surface area contributed by atoms with E-state index in [9.17, 15) is 0 Å². The standard InChI is InChI=1S/C15H20N4O/c1-4-16-15-10-17-12(9-18-15)11-19(2)13-7-5-6-8-14(13)20-3/h5-10H,4,11H2,1-3H3,(H,16,18). The highest BCUT2D eigenvalue weighted by Gasteiger charge is 2.08. The summed E-state index contributed by atoms with van der Waals surface area (Å²) < 4.78 is 5.37. The third-order valence-corrected chi connectivity index (χ3v) is 2.96. The lowest BCUT2D eigenvalue weighted by molar-refractivity contribution is 0.414. The van der Waals surface area contributed by atoms with Crippen LogP contribution in [0, 0.1) is 0 Å². The van der Waals surface area contributed by atoms with Gasteiger partial charge in [-0.15, -0.1) is 0 Å². The number of aromatic nitrogens is 2. The van der Waals surface area contributed by atoms with E-state index in [1.165, 1.54) is 0 Å². The number of rotatable bonds is 6. The smallest absolute Gasteiger partial charge is 0.144 e. The second-order valence-electron chi connectivity index (χ2n) is 4.45. The molecule has 1 N–H and O–H groups in total. The second-order valence-corrected chi connectivity index (χ2v) is 4.45. The lowest BCUT2D eigenvalue weighted by Gasteiger charge is -2.21. The molecule has 20 heavy (non-hydrogen) atoms. The average Bonchev–Trinajstić information content (AvgIpc) is 2.49. The zero-order valence-corrected chi connectivity index (χ0v) is 12.1. The van der Waals surface area contributed by atoms with Gasteiger partial charge in [0.05, 0.1) is 37.4 Å². The molecule has 0 unspecified atom stereocenters. The molecule has 0 saturated carbocycles. The molecule has 0 aliphatic rings. The molecule has 0 aliphatic heterocycles. The Balaban J connectivity index is 2.08. The van der Waals surface area contributed by atoms with E-state index < -0.39 is 0 Å². The van der Waals surface area contributed by atoms with E-state index in [-0.39, 0.29) is 0 Å². The van der Waals surface area contributed by atoms with Gasteiger partial charge in [-0.25, -0.2) is 4.98 Å². The van der Waals surface area contributed by atoms with Crippen molar-refractivity contribution in [3.63, 3.8) is 0 Å². The van der Waals surface area contributed by atoms with Crippen LogP contribution in [0.2, 0.25) is 0 Å². The summed E-state index contributed by atoms with van der Waals surface area (Å²) in [6, 6.07) is 7.93. The molecule has 2 rings (SSSR count). The van der Waals surface area contributed by atoms with Crippen LogP contribution in [0.3, 0.4) is 0 Å². The molecule has 1 aromatic heterocycles. The van der Waals surface area contributed by atoms with Crippen LogP contribution in [0.15, 0.2) is 36.7 Å². The molecule has 0 amide bonds. The van der Waals surface area contributed by atoms with Crippen molar-refractivity contribution in [2.24, 2.45) is 0 Å². The number of nitrogens with zero attached hydrogens (tertiary/aromatic N) is 3. The molecular weight excluding hydrogens is 252 g/mol. The van der Waals surface area contributed by atoms with E-state index in [2.05, 4.69) is 20.2 Å². The lowest BCUT2D eigenvalue weighted by Crippen LogP contribution is -2.18. The van der Waals surface area contributed by atoms with Crippen LogP contribution in [0.5, 0.6) is 5.75 Å². The summed E-state index contributed by atoms with van der Waals surface area (Å²) in [7, 11) is 3.69. The van der Waals surface area contributed by atoms with Crippen molar-refractivity contribution in [1.82, 2.24) is 9.97 Å². The van der Waals surface area contributed by atoms with Crippen LogP contribution in [0.25, 0.3) is 0 Å². The van der Waals surface area contributed by atoms with E-state index in [0.717, 1.165) is 29.5 Å². The zero-order valence-electron chi connectivity index (χ0n) is 12.1. The number of anilines is 2. The van der Waals surface area contributed by atoms with Gasteiger partial charge in [0.15, 0.2) is 0 Å². The van der Waals surface area contributed by atoms with Gasteiger partial charge in [-0.05, 0) is 19.1 Å². The van der Waals surface area contributed by atoms with Crippen LogP contribution in [0.1, 0.15) is 12.6 Å². The van der Waals surface area contributed by atoms with Gasteiger partial charge < -0.3 is 15.0 Å². The van der Waals surface area contributed by atoms with E-state index >= 15 is 0 Å². The summed E-state index contributed by atoms with van der Waals surface area (Å²) in [6.45, 7) is 3.56. The van der Waals surface area contributed by atoms with E-state index in [1.54, 1.807) is 19.5 Å². The molecule has 0 radical (unpaired) electrons. The molecule has 0 aliphatic carbocycles. The molecule has 0 bridgehead atoms. The Bertz CT molecular complexity index is 542. The summed E-state index contributed by atoms with van der Waals surface area (Å²) in [6.07, 6.45) is 3.55. The van der Waals surface area contributed by atoms with Crippen molar-refractivity contribution in [3.8, 4) is 5.75 Å². The number of nitrogens with one attached hydrogen (secondary N) is 1. The SMILES string of the molecule is CCNc1cnc(CN(C)c2ccccc2OC)cn1. The lowest BCUT2D eigenvalue weighted by atomic mass is 10.2. The molecule has 1 heterocycles. The Labute approximate surface area is 119 Å². The molecular formula is C15H20N4O. The average molecular weight is 272 g/mol. The molecule has 0 atom stereocenters. The number of para-hydroxylation sites is 2. The van der Waals surface area contributed by atoms with Gasteiger partial charge in [0.2, 0.25) is 0 Å². The monoisotopic (exact) mass is 272 g/mol. The molecule has 5 heteroatoms. The van der Waals surface area contributed by atoms with Crippen molar-refractivity contribution in [2.75, 3.05) is 30.9 Å². The fourth-order valence-electron chi connectivity index (χ4n) is 1.98. The normalized spacial score (nSPS) is 10.2. The summed E-state index contributed by atoms with van der Waals surface area (Å²) in [5, 5.41) is 3.13. The third kappa shape index (κ3) is 3.38. The Hall–Kier alpha value is -2.30. The van der Waals surface area contributed by atoms with Crippen LogP contribution in [-0.4, -0.2) is 30.7 Å². The summed E-state index contributed by atoms with van der Waals surface area (Å²) >= 11 is 0. The minimum absolute atomic E-state index is 0.680. The van der Waals surface area contributed by atoms with Gasteiger partial charge in [0.1, 0.15) is 11.6 Å². The van der Waals surface area contributed by atoms with Crippen LogP contribution in [-0.2, 0) is 6.54 Å². The quantitative estimate of drug-likeness (QED) is 0.875. The van der Waals surface area contributed by atoms with Gasteiger partial charge in [0.25, 0.3) is 0 Å². The minimum Gasteiger partial charge on any atom is -0.495 e. The Kier molecular flexibility index (Phi) is 4.76. The molecule has 0 fully saturated rings. The number of ether oxygens (including phenoxy) is 1. The largest absolute Gasteiger partial charge is 0.495 e. The summed E-state index contributed by atoms with van der Waals surface area (Å²) in [5.41, 5.74) is 1.95. The number of hydrogen-bond acceptors (Lipinski definition) is 5. The van der Waals surface area contributed by atoms with Crippen molar-refractivity contribution < 1.29 is 4.74 Å². The van der Waals surface area contributed by atoms with Crippen LogP contribution < -0.4 is 15.0 Å². The van der Waals surface area contributed by atoms with E-state index in [0.29, 0.717) is 6.54 Å². The van der Waals surface area contributed by atoms with E-state index in [4.69, 9.17) is 4.74 Å². The van der Waals surface area contributed by atoms with Crippen molar-refractivity contribution in [3.05, 3.63) is 42.4 Å². The maximum atomic E-state index is 5.37. The number of benzene rings is 1. The Morgan fingerprint density at radius 1 is 1.20 bits per heavy atom. The van der Waals surface area contributed by atoms with Crippen molar-refractivity contribution >= 4 is 11.5 Å². The summed E-state index contributed by atoms with van der Waals surface area (Å²) in [5.74, 6) is 1.66. The third-order valence-electron chi connectivity index (χ3n) is 2.96. The predicted molar refractivity (Wildman–Crippen MR) is 81.3 cm³/mol. The van der Waals surface area contributed by atoms with Gasteiger partial charge >= 0.3 is 0 Å². The first kappa shape index (κ1) is 14.1. The molecule has 5 nitrogen and oxygen atoms in total. The Morgan fingerprint density at radius 2 is 2.00 bits per heavy atom. The minimum atomic E-state index is 0.680. The molecule has 1 aromatic carbocycles. The van der Waals surface area contributed by atoms with Gasteiger partial charge in [0, 0.05) is 13.6 Å². The Morgan fingerprint density at radius 3 is 2.65 bits per heavy atom. The fourth-order valence-corrected chi connectivity index (χ4v) is 1.98. The maximum absolute atomic E-state index is 5.37. The molecule has 2 aromatic rings. The maximum Gasteiger partial charge on any atom is 0.144 e. The molecule has 106 valence electrons. The fraction of sp³-hybridized carbons (Fsp3) is 0.333. The van der Waals surface area contributed by atoms with Gasteiger partial charge in [-0.3, -0.25) is 4.98 Å². The molecule has 0 spiro atoms. The first-order chi connectivity index (χ1) is 9.74. The summed E-state index contributed by atoms with van der Waals surface area (Å²) in [4.78, 5) is 10.8. The van der Waals surface area contributed by atoms with Crippen molar-refractivity contribution in [1.29, 1.82) is 0 Å². The van der Waals surface area contributed by atoms with E-state index in [1.807, 2.05) is 38.2 Å². The van der Waals surface area contributed by atoms with Crippen LogP contribution >= 0.6 is 0 Å². The second kappa shape index (κ2) is 6.75. The predicted octanol–water partition coefficient (Wildman–Crippen LogP) is 2.55. The highest BCUT2D eigenvalue weighted by atomic mass is 16.5. The number of methoxy groups -OCH3 is 1.